The van der Waals surface area contributed by atoms with Gasteiger partial charge in [-0.05, 0) is 29.4 Å². The van der Waals surface area contributed by atoms with E-state index in [1.165, 1.54) is 5.56 Å². The van der Waals surface area contributed by atoms with E-state index < -0.39 is 0 Å². The molecule has 21 heavy (non-hydrogen) atoms. The van der Waals surface area contributed by atoms with Gasteiger partial charge in [-0.3, -0.25) is 4.79 Å². The Hall–Kier alpha value is -1.35. The SMILES string of the molecule is CCCC1CC(=O)N(CC(N)c2ccc(C(C)C)cc2)C1. The van der Waals surface area contributed by atoms with Crippen molar-refractivity contribution in [2.45, 2.75) is 52.0 Å². The first-order chi connectivity index (χ1) is 10.0. The van der Waals surface area contributed by atoms with E-state index in [4.69, 9.17) is 5.73 Å². The smallest absolute Gasteiger partial charge is 0.222 e. The first-order valence-corrected chi connectivity index (χ1v) is 8.14. The van der Waals surface area contributed by atoms with Gasteiger partial charge in [0.05, 0.1) is 0 Å². The fourth-order valence-corrected chi connectivity index (χ4v) is 3.10. The molecule has 0 saturated carbocycles. The Morgan fingerprint density at radius 1 is 1.24 bits per heavy atom. The maximum absolute atomic E-state index is 12.0. The molecule has 116 valence electrons. The number of amides is 1. The van der Waals surface area contributed by atoms with Crippen molar-refractivity contribution in [3.8, 4) is 0 Å². The molecule has 1 heterocycles. The number of carbonyl (C=O) groups excluding carboxylic acids is 1. The highest BCUT2D eigenvalue weighted by Crippen LogP contribution is 2.24. The minimum Gasteiger partial charge on any atom is -0.340 e. The van der Waals surface area contributed by atoms with E-state index in [1.54, 1.807) is 0 Å². The minimum absolute atomic E-state index is 0.0875. The summed E-state index contributed by atoms with van der Waals surface area (Å²) < 4.78 is 0. The average Bonchev–Trinajstić information content (AvgIpc) is 2.79. The summed E-state index contributed by atoms with van der Waals surface area (Å²) in [5, 5.41) is 0. The number of likely N-dealkylation sites (tertiary alicyclic amines) is 1. The van der Waals surface area contributed by atoms with Crippen molar-refractivity contribution in [3.63, 3.8) is 0 Å². The lowest BCUT2D eigenvalue weighted by Gasteiger charge is -2.22. The molecule has 2 atom stereocenters. The molecule has 0 aromatic heterocycles. The normalized spacial score (nSPS) is 20.3. The Morgan fingerprint density at radius 3 is 2.43 bits per heavy atom. The van der Waals surface area contributed by atoms with E-state index in [2.05, 4.69) is 45.0 Å². The van der Waals surface area contributed by atoms with Crippen molar-refractivity contribution >= 4 is 5.91 Å². The molecule has 1 aliphatic heterocycles. The third kappa shape index (κ3) is 4.07. The van der Waals surface area contributed by atoms with Gasteiger partial charge in [-0.1, -0.05) is 51.5 Å². The Labute approximate surface area is 128 Å². The van der Waals surface area contributed by atoms with Gasteiger partial charge in [0.25, 0.3) is 0 Å². The number of benzene rings is 1. The summed E-state index contributed by atoms with van der Waals surface area (Å²) in [7, 11) is 0. The highest BCUT2D eigenvalue weighted by atomic mass is 16.2. The van der Waals surface area contributed by atoms with Crippen molar-refractivity contribution in [1.29, 1.82) is 0 Å². The van der Waals surface area contributed by atoms with E-state index in [9.17, 15) is 4.79 Å². The molecule has 1 amide bonds. The van der Waals surface area contributed by atoms with Crippen LogP contribution < -0.4 is 5.73 Å². The van der Waals surface area contributed by atoms with E-state index in [-0.39, 0.29) is 11.9 Å². The highest BCUT2D eigenvalue weighted by Gasteiger charge is 2.29. The van der Waals surface area contributed by atoms with Crippen LogP contribution in [0.15, 0.2) is 24.3 Å². The molecule has 1 fully saturated rings. The lowest BCUT2D eigenvalue weighted by atomic mass is 9.99. The molecule has 2 N–H and O–H groups in total. The van der Waals surface area contributed by atoms with Gasteiger partial charge in [0.2, 0.25) is 5.91 Å². The summed E-state index contributed by atoms with van der Waals surface area (Å²) in [4.78, 5) is 14.0. The number of nitrogens with two attached hydrogens (primary N) is 1. The summed E-state index contributed by atoms with van der Waals surface area (Å²) >= 11 is 0. The molecule has 0 bridgehead atoms. The molecule has 1 aromatic rings. The molecule has 3 heteroatoms. The molecule has 1 saturated heterocycles. The van der Waals surface area contributed by atoms with Gasteiger partial charge < -0.3 is 10.6 Å². The van der Waals surface area contributed by atoms with Gasteiger partial charge in [0, 0.05) is 25.6 Å². The van der Waals surface area contributed by atoms with Crippen LogP contribution in [0.3, 0.4) is 0 Å². The second-order valence-corrected chi connectivity index (χ2v) is 6.59. The van der Waals surface area contributed by atoms with Gasteiger partial charge in [-0.15, -0.1) is 0 Å². The molecule has 0 spiro atoms. The van der Waals surface area contributed by atoms with Crippen molar-refractivity contribution in [3.05, 3.63) is 35.4 Å². The van der Waals surface area contributed by atoms with Gasteiger partial charge >= 0.3 is 0 Å². The molecule has 0 radical (unpaired) electrons. The van der Waals surface area contributed by atoms with Gasteiger partial charge in [-0.25, -0.2) is 0 Å². The van der Waals surface area contributed by atoms with Crippen molar-refractivity contribution in [2.75, 3.05) is 13.1 Å². The summed E-state index contributed by atoms with van der Waals surface area (Å²) in [5.74, 6) is 1.32. The fourth-order valence-electron chi connectivity index (χ4n) is 3.10. The zero-order valence-electron chi connectivity index (χ0n) is 13.5. The summed E-state index contributed by atoms with van der Waals surface area (Å²) in [6.07, 6.45) is 2.99. The van der Waals surface area contributed by atoms with Crippen molar-refractivity contribution < 1.29 is 4.79 Å². The van der Waals surface area contributed by atoms with Crippen LogP contribution in [0.25, 0.3) is 0 Å². The van der Waals surface area contributed by atoms with E-state index >= 15 is 0 Å². The molecule has 1 aliphatic rings. The molecular formula is C18H28N2O. The van der Waals surface area contributed by atoms with Gasteiger partial charge in [0.15, 0.2) is 0 Å². The fraction of sp³-hybridized carbons (Fsp3) is 0.611. The Balaban J connectivity index is 1.95. The molecule has 2 unspecified atom stereocenters. The Morgan fingerprint density at radius 2 is 1.86 bits per heavy atom. The highest BCUT2D eigenvalue weighted by molar-refractivity contribution is 5.78. The standard InChI is InChI=1S/C18H28N2O/c1-4-5-14-10-18(21)20(11-14)12-17(19)16-8-6-15(7-9-16)13(2)3/h6-9,13-14,17H,4-5,10-12,19H2,1-3H3. The lowest BCUT2D eigenvalue weighted by molar-refractivity contribution is -0.127. The van der Waals surface area contributed by atoms with Gasteiger partial charge in [-0.2, -0.15) is 0 Å². The monoisotopic (exact) mass is 288 g/mol. The minimum atomic E-state index is -0.0875. The topological polar surface area (TPSA) is 46.3 Å². The summed E-state index contributed by atoms with van der Waals surface area (Å²) in [5.41, 5.74) is 8.73. The van der Waals surface area contributed by atoms with E-state index in [1.807, 2.05) is 4.90 Å². The van der Waals surface area contributed by atoms with Crippen LogP contribution in [0, 0.1) is 5.92 Å². The van der Waals surface area contributed by atoms with Crippen LogP contribution in [-0.4, -0.2) is 23.9 Å². The zero-order valence-corrected chi connectivity index (χ0v) is 13.5. The first-order valence-electron chi connectivity index (χ1n) is 8.14. The second kappa shape index (κ2) is 7.08. The zero-order chi connectivity index (χ0) is 15.4. The predicted molar refractivity (Wildman–Crippen MR) is 87.1 cm³/mol. The Kier molecular flexibility index (Phi) is 5.40. The van der Waals surface area contributed by atoms with Crippen LogP contribution in [0.1, 0.15) is 63.1 Å². The predicted octanol–water partition coefficient (Wildman–Crippen LogP) is 3.46. The van der Waals surface area contributed by atoms with Crippen LogP contribution in [0.2, 0.25) is 0 Å². The molecule has 2 rings (SSSR count). The van der Waals surface area contributed by atoms with Crippen LogP contribution in [0.4, 0.5) is 0 Å². The lowest BCUT2D eigenvalue weighted by Crippen LogP contribution is -2.33. The van der Waals surface area contributed by atoms with E-state index in [0.717, 1.165) is 24.9 Å². The Bertz CT molecular complexity index is 467. The summed E-state index contributed by atoms with van der Waals surface area (Å²) in [6, 6.07) is 8.40. The molecule has 1 aromatic carbocycles. The third-order valence-corrected chi connectivity index (χ3v) is 4.44. The third-order valence-electron chi connectivity index (χ3n) is 4.44. The number of carbonyl (C=O) groups is 1. The van der Waals surface area contributed by atoms with E-state index in [0.29, 0.717) is 24.8 Å². The number of hydrogen-bond acceptors (Lipinski definition) is 2. The second-order valence-electron chi connectivity index (χ2n) is 6.59. The average molecular weight is 288 g/mol. The van der Waals surface area contributed by atoms with Crippen LogP contribution in [-0.2, 0) is 4.79 Å². The molecule has 0 aliphatic carbocycles. The largest absolute Gasteiger partial charge is 0.340 e. The number of hydrogen-bond donors (Lipinski definition) is 1. The van der Waals surface area contributed by atoms with Gasteiger partial charge in [0.1, 0.15) is 0 Å². The molecule has 3 nitrogen and oxygen atoms in total. The first kappa shape index (κ1) is 16.0. The maximum Gasteiger partial charge on any atom is 0.222 e. The van der Waals surface area contributed by atoms with Crippen LogP contribution in [0.5, 0.6) is 0 Å². The van der Waals surface area contributed by atoms with Crippen molar-refractivity contribution in [2.24, 2.45) is 11.7 Å². The molecular weight excluding hydrogens is 260 g/mol. The summed E-state index contributed by atoms with van der Waals surface area (Å²) in [6.45, 7) is 8.07. The van der Waals surface area contributed by atoms with Crippen LogP contribution >= 0.6 is 0 Å². The number of rotatable bonds is 6. The number of nitrogens with zero attached hydrogens (tertiary/aromatic N) is 1. The van der Waals surface area contributed by atoms with Crippen molar-refractivity contribution in [1.82, 2.24) is 4.90 Å². The quantitative estimate of drug-likeness (QED) is 0.871. The maximum atomic E-state index is 12.0.